The van der Waals surface area contributed by atoms with Gasteiger partial charge >= 0.3 is 23.9 Å². The van der Waals surface area contributed by atoms with E-state index in [2.05, 4.69) is 9.47 Å². The zero-order valence-electron chi connectivity index (χ0n) is 17.7. The van der Waals surface area contributed by atoms with E-state index in [0.29, 0.717) is 7.11 Å². The lowest BCUT2D eigenvalue weighted by atomic mass is 9.81. The van der Waals surface area contributed by atoms with Crippen molar-refractivity contribution in [1.29, 1.82) is 0 Å². The van der Waals surface area contributed by atoms with Gasteiger partial charge in [0.15, 0.2) is 0 Å². The van der Waals surface area contributed by atoms with Crippen molar-refractivity contribution in [3.05, 3.63) is 0 Å². The average Bonchev–Trinajstić information content (AvgIpc) is 2.55. The Balaban J connectivity index is 6.29. The summed E-state index contributed by atoms with van der Waals surface area (Å²) in [6, 6.07) is 0. The second kappa shape index (κ2) is 8.38. The van der Waals surface area contributed by atoms with Crippen LogP contribution in [0.2, 0.25) is 0 Å². The molecule has 0 heterocycles. The van der Waals surface area contributed by atoms with Crippen LogP contribution in [0.4, 0.5) is 13.2 Å². The molecule has 0 aromatic heterocycles. The van der Waals surface area contributed by atoms with E-state index in [9.17, 15) is 35.7 Å². The monoisotopic (exact) mass is 449 g/mol. The molecule has 0 fully saturated rings. The smallest absolute Gasteiger partial charge is 0.468 e. The maximum atomic E-state index is 13.9. The summed E-state index contributed by atoms with van der Waals surface area (Å²) in [7, 11) is -4.33. The summed E-state index contributed by atoms with van der Waals surface area (Å²) in [5, 5.41) is 0. The van der Waals surface area contributed by atoms with Crippen molar-refractivity contribution in [1.82, 2.24) is 0 Å². The molecule has 0 aromatic rings. The first kappa shape index (κ1) is 27.6. The molecular formula is C17H28F3O8S-. The van der Waals surface area contributed by atoms with Crippen molar-refractivity contribution in [3.8, 4) is 0 Å². The maximum Gasteiger partial charge on any atom is 0.468 e. The van der Waals surface area contributed by atoms with Gasteiger partial charge in [-0.15, -0.1) is 0 Å². The third kappa shape index (κ3) is 5.40. The highest BCUT2D eigenvalue weighted by Crippen LogP contribution is 2.43. The van der Waals surface area contributed by atoms with Crippen LogP contribution in [0, 0.1) is 10.8 Å². The van der Waals surface area contributed by atoms with Gasteiger partial charge in [-0.1, -0.05) is 20.8 Å². The number of alkyl halides is 3. The number of methoxy groups -OCH3 is 1. The standard InChI is InChI=1S/C17H29F3O8S/c1-9-13(2,3)11(21)28-16(12(22)26-8,17(18,19)20)27-10-14(4,5)15(6,7)29(23,24)25/h9-10H2,1-8H3,(H,23,24,25)/p-1. The van der Waals surface area contributed by atoms with Gasteiger partial charge in [0, 0.05) is 5.41 Å². The summed E-state index contributed by atoms with van der Waals surface area (Å²) >= 11 is 0. The first-order valence-electron chi connectivity index (χ1n) is 8.61. The lowest BCUT2D eigenvalue weighted by Gasteiger charge is -2.44. The second-order valence-corrected chi connectivity index (χ2v) is 10.3. The lowest BCUT2D eigenvalue weighted by Crippen LogP contribution is -2.61. The van der Waals surface area contributed by atoms with E-state index >= 15 is 0 Å². The lowest BCUT2D eigenvalue weighted by molar-refractivity contribution is -0.361. The minimum atomic E-state index is -5.56. The number of hydrogen-bond donors (Lipinski definition) is 0. The third-order valence-electron chi connectivity index (χ3n) is 5.39. The first-order valence-corrected chi connectivity index (χ1v) is 10.0. The highest BCUT2D eigenvalue weighted by Gasteiger charge is 2.68. The molecule has 0 aliphatic heterocycles. The number of esters is 2. The highest BCUT2D eigenvalue weighted by atomic mass is 32.2. The molecule has 0 saturated heterocycles. The van der Waals surface area contributed by atoms with Gasteiger partial charge in [0.05, 0.1) is 23.9 Å². The van der Waals surface area contributed by atoms with Crippen LogP contribution in [0.1, 0.15) is 54.9 Å². The Morgan fingerprint density at radius 1 is 0.966 bits per heavy atom. The summed E-state index contributed by atoms with van der Waals surface area (Å²) in [5.74, 6) is -7.56. The van der Waals surface area contributed by atoms with Gasteiger partial charge in [-0.2, -0.15) is 13.2 Å². The molecule has 1 unspecified atom stereocenters. The van der Waals surface area contributed by atoms with Crippen LogP contribution in [0.15, 0.2) is 0 Å². The quantitative estimate of drug-likeness (QED) is 0.299. The molecule has 12 heteroatoms. The third-order valence-corrected chi connectivity index (χ3v) is 7.19. The highest BCUT2D eigenvalue weighted by molar-refractivity contribution is 7.87. The van der Waals surface area contributed by atoms with E-state index in [4.69, 9.17) is 4.74 Å². The van der Waals surface area contributed by atoms with E-state index < -0.39 is 56.2 Å². The van der Waals surface area contributed by atoms with E-state index in [0.717, 1.165) is 13.8 Å². The van der Waals surface area contributed by atoms with Crippen LogP contribution >= 0.6 is 0 Å². The van der Waals surface area contributed by atoms with Crippen LogP contribution in [-0.2, 0) is 33.9 Å². The molecule has 0 bridgehead atoms. The minimum Gasteiger partial charge on any atom is -0.748 e. The summed E-state index contributed by atoms with van der Waals surface area (Å²) < 4.78 is 87.7. The van der Waals surface area contributed by atoms with E-state index in [1.807, 2.05) is 0 Å². The van der Waals surface area contributed by atoms with Crippen molar-refractivity contribution in [2.75, 3.05) is 13.7 Å². The summed E-state index contributed by atoms with van der Waals surface area (Å²) in [6.45, 7) is 7.43. The van der Waals surface area contributed by atoms with Crippen LogP contribution in [0.3, 0.4) is 0 Å². The van der Waals surface area contributed by atoms with Gasteiger partial charge < -0.3 is 18.8 Å². The van der Waals surface area contributed by atoms with Crippen LogP contribution < -0.4 is 0 Å². The molecule has 172 valence electrons. The summed E-state index contributed by atoms with van der Waals surface area (Å²) in [5.41, 5.74) is -3.11. The van der Waals surface area contributed by atoms with E-state index in [1.165, 1.54) is 34.6 Å². The molecule has 0 aromatic carbocycles. The predicted molar refractivity (Wildman–Crippen MR) is 94.5 cm³/mol. The van der Waals surface area contributed by atoms with Crippen molar-refractivity contribution < 1.29 is 49.9 Å². The molecule has 0 spiro atoms. The van der Waals surface area contributed by atoms with Gasteiger partial charge in [0.25, 0.3) is 0 Å². The molecule has 0 amide bonds. The zero-order chi connectivity index (χ0) is 23.7. The SMILES string of the molecule is CCC(C)(C)C(=O)OC(OCC(C)(C)C(C)(C)S(=O)(=O)[O-])(C(=O)OC)C(F)(F)F. The summed E-state index contributed by atoms with van der Waals surface area (Å²) in [4.78, 5) is 24.4. The number of ether oxygens (including phenoxy) is 3. The maximum absolute atomic E-state index is 13.9. The molecule has 0 saturated carbocycles. The normalized spacial score (nSPS) is 16.1. The van der Waals surface area contributed by atoms with Gasteiger partial charge in [-0.3, -0.25) is 4.79 Å². The van der Waals surface area contributed by atoms with Gasteiger partial charge in [-0.25, -0.2) is 13.2 Å². The minimum absolute atomic E-state index is 0.0912. The van der Waals surface area contributed by atoms with Gasteiger partial charge in [0.2, 0.25) is 0 Å². The van der Waals surface area contributed by atoms with Crippen molar-refractivity contribution in [2.24, 2.45) is 10.8 Å². The van der Waals surface area contributed by atoms with Gasteiger partial charge in [-0.05, 0) is 34.1 Å². The zero-order valence-corrected chi connectivity index (χ0v) is 18.5. The second-order valence-electron chi connectivity index (χ2n) is 8.37. The van der Waals surface area contributed by atoms with Crippen LogP contribution in [-0.4, -0.2) is 55.3 Å². The number of carbonyl (C=O) groups is 2. The number of carbonyl (C=O) groups excluding carboxylic acids is 2. The number of rotatable bonds is 9. The molecule has 0 radical (unpaired) electrons. The van der Waals surface area contributed by atoms with Crippen molar-refractivity contribution in [2.45, 2.75) is 71.6 Å². The summed E-state index contributed by atoms with van der Waals surface area (Å²) in [6.07, 6.45) is -5.47. The Labute approximate surface area is 168 Å². The Morgan fingerprint density at radius 2 is 1.41 bits per heavy atom. The Morgan fingerprint density at radius 3 is 1.72 bits per heavy atom. The molecular weight excluding hydrogens is 421 g/mol. The molecule has 0 N–H and O–H groups in total. The Kier molecular flexibility index (Phi) is 7.98. The fraction of sp³-hybridized carbons (Fsp3) is 0.882. The van der Waals surface area contributed by atoms with Crippen molar-refractivity contribution in [3.63, 3.8) is 0 Å². The largest absolute Gasteiger partial charge is 0.748 e. The molecule has 0 rings (SSSR count). The molecule has 1 atom stereocenters. The Bertz CT molecular complexity index is 725. The molecule has 0 aliphatic carbocycles. The van der Waals surface area contributed by atoms with Gasteiger partial charge in [0.1, 0.15) is 10.1 Å². The average molecular weight is 449 g/mol. The fourth-order valence-electron chi connectivity index (χ4n) is 1.73. The van der Waals surface area contributed by atoms with Crippen LogP contribution in [0.25, 0.3) is 0 Å². The first-order chi connectivity index (χ1) is 12.6. The van der Waals surface area contributed by atoms with Crippen LogP contribution in [0.5, 0.6) is 0 Å². The number of hydrogen-bond acceptors (Lipinski definition) is 8. The topological polar surface area (TPSA) is 119 Å². The predicted octanol–water partition coefficient (Wildman–Crippen LogP) is 2.76. The molecule has 8 nitrogen and oxygen atoms in total. The van der Waals surface area contributed by atoms with E-state index in [-0.39, 0.29) is 6.42 Å². The van der Waals surface area contributed by atoms with Crippen molar-refractivity contribution >= 4 is 22.1 Å². The Hall–Kier alpha value is -1.40. The van der Waals surface area contributed by atoms with E-state index in [1.54, 1.807) is 0 Å². The number of halogens is 3. The fourth-order valence-corrected chi connectivity index (χ4v) is 2.46. The molecule has 29 heavy (non-hydrogen) atoms. The molecule has 0 aliphatic rings.